The minimum atomic E-state index is -0.786. The predicted molar refractivity (Wildman–Crippen MR) is 171 cm³/mol. The summed E-state index contributed by atoms with van der Waals surface area (Å²) in [5.74, 6) is 0. The van der Waals surface area contributed by atoms with Gasteiger partial charge in [0.05, 0.1) is 16.0 Å². The molecule has 5 aromatic carbocycles. The Hall–Kier alpha value is -4.90. The molecule has 0 radical (unpaired) electrons. The van der Waals surface area contributed by atoms with Gasteiger partial charge in [-0.05, 0) is 54.7 Å². The highest BCUT2D eigenvalue weighted by molar-refractivity contribution is 5.89. The highest BCUT2D eigenvalue weighted by atomic mass is 16.6. The lowest BCUT2D eigenvalue weighted by Gasteiger charge is -2.43. The van der Waals surface area contributed by atoms with Gasteiger partial charge >= 0.3 is 0 Å². The first-order chi connectivity index (χ1) is 20.5. The fourth-order valence-corrected chi connectivity index (χ4v) is 7.11. The molecule has 1 aliphatic heterocycles. The van der Waals surface area contributed by atoms with Gasteiger partial charge in [0.2, 0.25) is 0 Å². The largest absolute Gasteiger partial charge is 0.343 e. The van der Waals surface area contributed by atoms with Gasteiger partial charge in [-0.15, -0.1) is 0 Å². The van der Waals surface area contributed by atoms with Crippen LogP contribution in [0.4, 0.5) is 17.1 Å². The van der Waals surface area contributed by atoms with E-state index < -0.39 is 11.1 Å². The maximum Gasteiger partial charge on any atom is 0.295 e. The molecule has 42 heavy (non-hydrogen) atoms. The molecule has 5 aromatic rings. The van der Waals surface area contributed by atoms with Crippen molar-refractivity contribution < 1.29 is 4.92 Å². The zero-order chi connectivity index (χ0) is 29.3. The second-order valence-corrected chi connectivity index (χ2v) is 10.8. The molecule has 1 heterocycles. The average molecular weight is 554 g/mol. The monoisotopic (exact) mass is 553 g/mol. The number of nitro groups is 1. The number of benzene rings is 5. The average Bonchev–Trinajstić information content (AvgIpc) is 3.30. The van der Waals surface area contributed by atoms with E-state index >= 15 is 0 Å². The van der Waals surface area contributed by atoms with Gasteiger partial charge in [0, 0.05) is 19.2 Å². The van der Waals surface area contributed by atoms with Gasteiger partial charge in [-0.1, -0.05) is 121 Å². The van der Waals surface area contributed by atoms with E-state index in [1.165, 1.54) is 0 Å². The van der Waals surface area contributed by atoms with Crippen molar-refractivity contribution in [1.29, 1.82) is 0 Å². The van der Waals surface area contributed by atoms with Crippen LogP contribution < -0.4 is 9.80 Å². The topological polar surface area (TPSA) is 49.6 Å². The lowest BCUT2D eigenvalue weighted by atomic mass is 9.65. The lowest BCUT2D eigenvalue weighted by Crippen LogP contribution is -2.52. The molecule has 5 nitrogen and oxygen atoms in total. The van der Waals surface area contributed by atoms with Crippen LogP contribution in [0, 0.1) is 10.1 Å². The molecule has 0 aromatic heterocycles. The van der Waals surface area contributed by atoms with Crippen LogP contribution in [0.15, 0.2) is 133 Å². The van der Waals surface area contributed by atoms with Gasteiger partial charge < -0.3 is 9.80 Å². The molecular weight excluding hydrogens is 518 g/mol. The predicted octanol–water partition coefficient (Wildman–Crippen LogP) is 8.52. The molecule has 1 atom stereocenters. The number of hydrogen-bond acceptors (Lipinski definition) is 4. The number of rotatable bonds is 8. The third-order valence-electron chi connectivity index (χ3n) is 8.88. The van der Waals surface area contributed by atoms with Crippen molar-refractivity contribution in [3.63, 3.8) is 0 Å². The first-order valence-electron chi connectivity index (χ1n) is 14.6. The third kappa shape index (κ3) is 3.99. The normalized spacial score (nSPS) is 16.4. The smallest absolute Gasteiger partial charge is 0.295 e. The third-order valence-corrected chi connectivity index (χ3v) is 8.88. The molecule has 0 N–H and O–H groups in total. The molecule has 0 bridgehead atoms. The van der Waals surface area contributed by atoms with Crippen molar-refractivity contribution in [2.45, 2.75) is 31.8 Å². The molecule has 5 heteroatoms. The molecule has 0 fully saturated rings. The molecule has 0 saturated carbocycles. The summed E-state index contributed by atoms with van der Waals surface area (Å²) in [4.78, 5) is 17.3. The van der Waals surface area contributed by atoms with Gasteiger partial charge in [-0.2, -0.15) is 0 Å². The van der Waals surface area contributed by atoms with Crippen LogP contribution in [0.1, 0.15) is 48.6 Å². The Balaban J connectivity index is 1.74. The highest BCUT2D eigenvalue weighted by Crippen LogP contribution is 2.56. The molecule has 1 aliphatic rings. The zero-order valence-electron chi connectivity index (χ0n) is 24.3. The minimum Gasteiger partial charge on any atom is -0.343 e. The van der Waals surface area contributed by atoms with E-state index in [-0.39, 0.29) is 10.6 Å². The number of nitro benzene ring substituents is 1. The van der Waals surface area contributed by atoms with Gasteiger partial charge in [0.15, 0.2) is 0 Å². The van der Waals surface area contributed by atoms with Gasteiger partial charge in [-0.3, -0.25) is 10.1 Å². The van der Waals surface area contributed by atoms with E-state index in [1.807, 2.05) is 78.9 Å². The molecule has 210 valence electrons. The van der Waals surface area contributed by atoms with Crippen molar-refractivity contribution in [2.24, 2.45) is 0 Å². The van der Waals surface area contributed by atoms with Crippen LogP contribution in [0.3, 0.4) is 0 Å². The zero-order valence-corrected chi connectivity index (χ0v) is 24.3. The van der Waals surface area contributed by atoms with Crippen LogP contribution in [0.2, 0.25) is 0 Å². The van der Waals surface area contributed by atoms with Crippen molar-refractivity contribution in [3.05, 3.63) is 171 Å². The molecule has 6 rings (SSSR count). The Morgan fingerprint density at radius 3 is 1.48 bits per heavy atom. The molecular formula is C37H35N3O2. The Labute approximate surface area is 247 Å². The van der Waals surface area contributed by atoms with Crippen LogP contribution >= 0.6 is 0 Å². The molecule has 0 aliphatic carbocycles. The van der Waals surface area contributed by atoms with E-state index in [0.29, 0.717) is 18.8 Å². The van der Waals surface area contributed by atoms with Crippen molar-refractivity contribution in [3.8, 4) is 0 Å². The van der Waals surface area contributed by atoms with E-state index in [0.717, 1.165) is 33.5 Å². The molecule has 0 saturated heterocycles. The summed E-state index contributed by atoms with van der Waals surface area (Å²) < 4.78 is 0. The van der Waals surface area contributed by atoms with E-state index in [2.05, 4.69) is 85.2 Å². The fourth-order valence-electron chi connectivity index (χ4n) is 7.11. The number of nitrogens with zero attached hydrogens (tertiary/aromatic N) is 3. The van der Waals surface area contributed by atoms with Gasteiger partial charge in [0.25, 0.3) is 5.69 Å². The Bertz CT molecular complexity index is 1590. The second-order valence-electron chi connectivity index (χ2n) is 10.8. The van der Waals surface area contributed by atoms with Crippen LogP contribution in [-0.4, -0.2) is 18.0 Å². The van der Waals surface area contributed by atoms with Gasteiger partial charge in [0.1, 0.15) is 11.4 Å². The standard InChI is InChI=1S/C37H35N3O2/c1-4-38-33-26-32(27-34(40(41)42)35(33)39(5-2)36(38,3)28-18-10-6-11-19-28)37(29-20-12-7-13-21-29,30-22-14-8-15-23-30)31-24-16-9-17-25-31/h6-27H,4-5H2,1-3H3/t36-/m1/s1. The highest BCUT2D eigenvalue weighted by Gasteiger charge is 2.51. The van der Waals surface area contributed by atoms with Crippen molar-refractivity contribution in [2.75, 3.05) is 22.9 Å². The Kier molecular flexibility index (Phi) is 7.03. The Morgan fingerprint density at radius 1 is 0.643 bits per heavy atom. The summed E-state index contributed by atoms with van der Waals surface area (Å²) in [7, 11) is 0. The summed E-state index contributed by atoms with van der Waals surface area (Å²) >= 11 is 0. The summed E-state index contributed by atoms with van der Waals surface area (Å²) in [6, 6.07) is 45.4. The maximum atomic E-state index is 13.0. The SMILES string of the molecule is CCN1c2cc(C(c3ccccc3)(c3ccccc3)c3ccccc3)cc([N+](=O)[O-])c2N(CC)[C@]1(C)c1ccccc1. The van der Waals surface area contributed by atoms with Gasteiger partial charge in [-0.25, -0.2) is 0 Å². The van der Waals surface area contributed by atoms with E-state index in [1.54, 1.807) is 0 Å². The number of hydrogen-bond donors (Lipinski definition) is 0. The second kappa shape index (κ2) is 10.8. The van der Waals surface area contributed by atoms with Crippen LogP contribution in [0.5, 0.6) is 0 Å². The lowest BCUT2D eigenvalue weighted by molar-refractivity contribution is -0.384. The fraction of sp³-hybridized carbons (Fsp3) is 0.189. The molecule has 0 amide bonds. The quantitative estimate of drug-likeness (QED) is 0.110. The summed E-state index contributed by atoms with van der Waals surface area (Å²) in [5, 5.41) is 13.0. The summed E-state index contributed by atoms with van der Waals surface area (Å²) in [5.41, 5.74) is 5.41. The summed E-state index contributed by atoms with van der Waals surface area (Å²) in [6.07, 6.45) is 0. The first kappa shape index (κ1) is 27.3. The minimum absolute atomic E-state index is 0.120. The van der Waals surface area contributed by atoms with Crippen LogP contribution in [0.25, 0.3) is 0 Å². The van der Waals surface area contributed by atoms with Crippen LogP contribution in [-0.2, 0) is 11.1 Å². The summed E-state index contributed by atoms with van der Waals surface area (Å²) in [6.45, 7) is 7.68. The molecule has 0 unspecified atom stereocenters. The first-order valence-corrected chi connectivity index (χ1v) is 14.6. The van der Waals surface area contributed by atoms with Crippen molar-refractivity contribution in [1.82, 2.24) is 0 Å². The number of anilines is 2. The molecule has 0 spiro atoms. The number of fused-ring (bicyclic) bond motifs is 1. The van der Waals surface area contributed by atoms with Crippen molar-refractivity contribution >= 4 is 17.1 Å². The van der Waals surface area contributed by atoms with E-state index in [4.69, 9.17) is 0 Å². The van der Waals surface area contributed by atoms with E-state index in [9.17, 15) is 10.1 Å². The Morgan fingerprint density at radius 2 is 1.07 bits per heavy atom. The maximum absolute atomic E-state index is 13.0.